The highest BCUT2D eigenvalue weighted by atomic mass is 16.2. The van der Waals surface area contributed by atoms with E-state index in [9.17, 15) is 4.79 Å². The number of benzene rings is 1. The van der Waals surface area contributed by atoms with Crippen molar-refractivity contribution in [1.82, 2.24) is 9.80 Å². The molecule has 1 heterocycles. The van der Waals surface area contributed by atoms with Crippen LogP contribution in [0.4, 0.5) is 0 Å². The Morgan fingerprint density at radius 3 is 2.62 bits per heavy atom. The summed E-state index contributed by atoms with van der Waals surface area (Å²) in [6.07, 6.45) is 1.04. The predicted octanol–water partition coefficient (Wildman–Crippen LogP) is 1.05. The van der Waals surface area contributed by atoms with Gasteiger partial charge >= 0.3 is 0 Å². The minimum Gasteiger partial charge on any atom is -0.342 e. The SMILES string of the molecule is CC(=O)N1CCCN(Cc2ccc(C#CCN)cc2)CC1. The molecule has 21 heavy (non-hydrogen) atoms. The first-order valence-electron chi connectivity index (χ1n) is 7.45. The Bertz CT molecular complexity index is 527. The van der Waals surface area contributed by atoms with E-state index in [-0.39, 0.29) is 5.91 Å². The zero-order valence-corrected chi connectivity index (χ0v) is 12.6. The van der Waals surface area contributed by atoms with Gasteiger partial charge in [0, 0.05) is 45.2 Å². The van der Waals surface area contributed by atoms with Gasteiger partial charge in [-0.15, -0.1) is 0 Å². The van der Waals surface area contributed by atoms with Gasteiger partial charge in [0.05, 0.1) is 6.54 Å². The van der Waals surface area contributed by atoms with Crippen LogP contribution >= 0.6 is 0 Å². The van der Waals surface area contributed by atoms with Gasteiger partial charge in [0.25, 0.3) is 0 Å². The highest BCUT2D eigenvalue weighted by Crippen LogP contribution is 2.10. The van der Waals surface area contributed by atoms with Gasteiger partial charge in [-0.3, -0.25) is 9.69 Å². The predicted molar refractivity (Wildman–Crippen MR) is 84.5 cm³/mol. The van der Waals surface area contributed by atoms with Crippen molar-refractivity contribution in [3.63, 3.8) is 0 Å². The van der Waals surface area contributed by atoms with Crippen molar-refractivity contribution >= 4 is 5.91 Å². The Kier molecular flexibility index (Phi) is 5.79. The summed E-state index contributed by atoms with van der Waals surface area (Å²) < 4.78 is 0. The average Bonchev–Trinajstić information content (AvgIpc) is 2.72. The number of hydrogen-bond acceptors (Lipinski definition) is 3. The number of nitrogens with two attached hydrogens (primary N) is 1. The number of hydrogen-bond donors (Lipinski definition) is 1. The summed E-state index contributed by atoms with van der Waals surface area (Å²) in [6.45, 7) is 6.65. The third-order valence-corrected chi connectivity index (χ3v) is 3.73. The number of rotatable bonds is 2. The molecular formula is C17H23N3O. The molecule has 0 unspecified atom stereocenters. The van der Waals surface area contributed by atoms with Crippen molar-refractivity contribution in [1.29, 1.82) is 0 Å². The van der Waals surface area contributed by atoms with Crippen molar-refractivity contribution < 1.29 is 4.79 Å². The van der Waals surface area contributed by atoms with Crippen molar-refractivity contribution in [2.75, 3.05) is 32.7 Å². The molecule has 1 saturated heterocycles. The lowest BCUT2D eigenvalue weighted by Crippen LogP contribution is -2.33. The molecule has 1 aliphatic heterocycles. The molecule has 1 aromatic rings. The topological polar surface area (TPSA) is 49.6 Å². The van der Waals surface area contributed by atoms with E-state index in [4.69, 9.17) is 5.73 Å². The first-order chi connectivity index (χ1) is 10.2. The van der Waals surface area contributed by atoms with Gasteiger partial charge in [0.2, 0.25) is 5.91 Å². The first-order valence-corrected chi connectivity index (χ1v) is 7.45. The lowest BCUT2D eigenvalue weighted by Gasteiger charge is -2.21. The summed E-state index contributed by atoms with van der Waals surface area (Å²) in [5.41, 5.74) is 7.65. The molecule has 0 atom stereocenters. The fraction of sp³-hybridized carbons (Fsp3) is 0.471. The van der Waals surface area contributed by atoms with Gasteiger partial charge in [-0.2, -0.15) is 0 Å². The van der Waals surface area contributed by atoms with Crippen LogP contribution in [0.2, 0.25) is 0 Å². The van der Waals surface area contributed by atoms with E-state index in [0.717, 1.165) is 44.7 Å². The third-order valence-electron chi connectivity index (χ3n) is 3.73. The van der Waals surface area contributed by atoms with Crippen LogP contribution in [0.15, 0.2) is 24.3 Å². The summed E-state index contributed by atoms with van der Waals surface area (Å²) in [4.78, 5) is 15.8. The molecule has 4 nitrogen and oxygen atoms in total. The molecule has 0 bridgehead atoms. The molecular weight excluding hydrogens is 262 g/mol. The van der Waals surface area contributed by atoms with Gasteiger partial charge < -0.3 is 10.6 Å². The maximum absolute atomic E-state index is 11.4. The van der Waals surface area contributed by atoms with E-state index in [2.05, 4.69) is 28.9 Å². The van der Waals surface area contributed by atoms with Crippen molar-refractivity contribution in [2.24, 2.45) is 5.73 Å². The van der Waals surface area contributed by atoms with Gasteiger partial charge in [0.1, 0.15) is 0 Å². The molecule has 112 valence electrons. The Morgan fingerprint density at radius 2 is 1.95 bits per heavy atom. The van der Waals surface area contributed by atoms with Crippen LogP contribution in [0.1, 0.15) is 24.5 Å². The van der Waals surface area contributed by atoms with E-state index < -0.39 is 0 Å². The van der Waals surface area contributed by atoms with Crippen molar-refractivity contribution in [3.8, 4) is 11.8 Å². The molecule has 0 aromatic heterocycles. The number of nitrogens with zero attached hydrogens (tertiary/aromatic N) is 2. The smallest absolute Gasteiger partial charge is 0.219 e. The van der Waals surface area contributed by atoms with Crippen LogP contribution in [0, 0.1) is 11.8 Å². The molecule has 0 saturated carbocycles. The van der Waals surface area contributed by atoms with E-state index in [0.29, 0.717) is 6.54 Å². The van der Waals surface area contributed by atoms with E-state index in [1.807, 2.05) is 17.0 Å². The molecule has 4 heteroatoms. The maximum Gasteiger partial charge on any atom is 0.219 e. The van der Waals surface area contributed by atoms with Crippen LogP contribution in [0.3, 0.4) is 0 Å². The van der Waals surface area contributed by atoms with Crippen molar-refractivity contribution in [2.45, 2.75) is 19.9 Å². The standard InChI is InChI=1S/C17H23N3O/c1-15(21)20-11-3-10-19(12-13-20)14-17-7-5-16(6-8-17)4-2-9-18/h5-8H,3,9-14,18H2,1H3. The summed E-state index contributed by atoms with van der Waals surface area (Å²) in [5.74, 6) is 6.07. The zero-order chi connectivity index (χ0) is 15.1. The summed E-state index contributed by atoms with van der Waals surface area (Å²) in [6, 6.07) is 8.32. The number of carbonyl (C=O) groups is 1. The Balaban J connectivity index is 1.91. The van der Waals surface area contributed by atoms with Crippen molar-refractivity contribution in [3.05, 3.63) is 35.4 Å². The minimum absolute atomic E-state index is 0.180. The fourth-order valence-electron chi connectivity index (χ4n) is 2.55. The summed E-state index contributed by atoms with van der Waals surface area (Å²) >= 11 is 0. The lowest BCUT2D eigenvalue weighted by molar-refractivity contribution is -0.128. The molecule has 0 radical (unpaired) electrons. The summed E-state index contributed by atoms with van der Waals surface area (Å²) in [7, 11) is 0. The van der Waals surface area contributed by atoms with Crippen LogP contribution in [-0.4, -0.2) is 48.4 Å². The largest absolute Gasteiger partial charge is 0.342 e. The van der Waals surface area contributed by atoms with E-state index in [1.54, 1.807) is 6.92 Å². The zero-order valence-electron chi connectivity index (χ0n) is 12.6. The van der Waals surface area contributed by atoms with Gasteiger partial charge in [-0.05, 0) is 24.1 Å². The normalized spacial score (nSPS) is 16.0. The lowest BCUT2D eigenvalue weighted by atomic mass is 10.1. The molecule has 0 aliphatic carbocycles. The summed E-state index contributed by atoms with van der Waals surface area (Å²) in [5, 5.41) is 0. The average molecular weight is 285 g/mol. The number of carbonyl (C=O) groups excluding carboxylic acids is 1. The third kappa shape index (κ3) is 4.89. The second kappa shape index (κ2) is 7.82. The number of amides is 1. The van der Waals surface area contributed by atoms with Gasteiger partial charge in [-0.1, -0.05) is 24.0 Å². The molecule has 2 N–H and O–H groups in total. The minimum atomic E-state index is 0.180. The molecule has 1 fully saturated rings. The second-order valence-corrected chi connectivity index (χ2v) is 5.34. The molecule has 1 aliphatic rings. The van der Waals surface area contributed by atoms with Crippen LogP contribution in [0.25, 0.3) is 0 Å². The van der Waals surface area contributed by atoms with Crippen LogP contribution in [-0.2, 0) is 11.3 Å². The maximum atomic E-state index is 11.4. The van der Waals surface area contributed by atoms with Crippen LogP contribution < -0.4 is 5.73 Å². The fourth-order valence-corrected chi connectivity index (χ4v) is 2.55. The second-order valence-electron chi connectivity index (χ2n) is 5.34. The molecule has 0 spiro atoms. The molecule has 1 amide bonds. The van der Waals surface area contributed by atoms with Gasteiger partial charge in [-0.25, -0.2) is 0 Å². The van der Waals surface area contributed by atoms with E-state index in [1.165, 1.54) is 5.56 Å². The Hall–Kier alpha value is -1.83. The van der Waals surface area contributed by atoms with Crippen LogP contribution in [0.5, 0.6) is 0 Å². The molecule has 2 rings (SSSR count). The molecule has 1 aromatic carbocycles. The highest BCUT2D eigenvalue weighted by Gasteiger charge is 2.16. The Labute approximate surface area is 126 Å². The quantitative estimate of drug-likeness (QED) is 0.826. The highest BCUT2D eigenvalue weighted by molar-refractivity contribution is 5.73. The first kappa shape index (κ1) is 15.6. The Morgan fingerprint density at radius 1 is 1.19 bits per heavy atom. The van der Waals surface area contributed by atoms with E-state index >= 15 is 0 Å². The van der Waals surface area contributed by atoms with Gasteiger partial charge in [0.15, 0.2) is 0 Å². The monoisotopic (exact) mass is 285 g/mol.